The topological polar surface area (TPSA) is 100 Å². The fourth-order valence-corrected chi connectivity index (χ4v) is 5.24. The normalized spacial score (nSPS) is 22.6. The van der Waals surface area contributed by atoms with E-state index in [2.05, 4.69) is 20.5 Å². The number of alkyl halides is 4. The zero-order valence-electron chi connectivity index (χ0n) is 19.7. The number of carbonyl (C=O) groups is 2. The summed E-state index contributed by atoms with van der Waals surface area (Å²) in [4.78, 5) is 32.6. The third kappa shape index (κ3) is 4.84. The second kappa shape index (κ2) is 9.64. The number of ether oxygens (including phenoxy) is 1. The number of halogens is 4. The van der Waals surface area contributed by atoms with E-state index in [1.807, 2.05) is 0 Å². The number of anilines is 1. The van der Waals surface area contributed by atoms with E-state index in [4.69, 9.17) is 4.74 Å². The number of nitrogens with one attached hydrogen (secondary N) is 2. The quantitative estimate of drug-likeness (QED) is 0.474. The number of hydrogen-bond acceptors (Lipinski definition) is 5. The monoisotopic (exact) mass is 519 g/mol. The number of benzene rings is 1. The summed E-state index contributed by atoms with van der Waals surface area (Å²) >= 11 is 0. The number of rotatable bonds is 6. The zero-order valence-corrected chi connectivity index (χ0v) is 19.7. The number of nitrogens with zero attached hydrogens (tertiary/aromatic N) is 3. The number of carbonyl (C=O) groups excluding carboxylic acids is 2. The summed E-state index contributed by atoms with van der Waals surface area (Å²) in [6.07, 6.45) is -1.60. The molecule has 2 aliphatic rings. The van der Waals surface area contributed by atoms with Crippen molar-refractivity contribution >= 4 is 28.7 Å². The van der Waals surface area contributed by atoms with Gasteiger partial charge in [-0.25, -0.2) is 22.5 Å². The van der Waals surface area contributed by atoms with Crippen LogP contribution in [0.1, 0.15) is 37.7 Å². The highest BCUT2D eigenvalue weighted by molar-refractivity contribution is 5.99. The molecule has 2 N–H and O–H groups in total. The van der Waals surface area contributed by atoms with Crippen molar-refractivity contribution in [2.45, 2.75) is 55.7 Å². The van der Waals surface area contributed by atoms with Crippen molar-refractivity contribution in [2.75, 3.05) is 18.7 Å². The van der Waals surface area contributed by atoms with Gasteiger partial charge in [-0.3, -0.25) is 14.7 Å². The van der Waals surface area contributed by atoms with Crippen LogP contribution < -0.4 is 10.1 Å². The number of likely N-dealkylation sites (tertiary alicyclic amines) is 1. The first-order valence-corrected chi connectivity index (χ1v) is 11.9. The van der Waals surface area contributed by atoms with Gasteiger partial charge in [0.2, 0.25) is 24.6 Å². The largest absolute Gasteiger partial charge is 0.463 e. The molecule has 1 saturated heterocycles. The molecule has 2 aromatic heterocycles. The van der Waals surface area contributed by atoms with Crippen LogP contribution >= 0.6 is 0 Å². The van der Waals surface area contributed by atoms with E-state index < -0.39 is 55.1 Å². The minimum atomic E-state index is -2.93. The predicted molar refractivity (Wildman–Crippen MR) is 126 cm³/mol. The van der Waals surface area contributed by atoms with Crippen molar-refractivity contribution in [2.24, 2.45) is 0 Å². The van der Waals surface area contributed by atoms with Gasteiger partial charge in [-0.05, 0) is 42.7 Å². The molecule has 1 aromatic carbocycles. The molecule has 0 spiro atoms. The van der Waals surface area contributed by atoms with Crippen LogP contribution in [-0.4, -0.2) is 63.4 Å². The van der Waals surface area contributed by atoms with Gasteiger partial charge >= 0.3 is 0 Å². The second-order valence-corrected chi connectivity index (χ2v) is 9.51. The Morgan fingerprint density at radius 1 is 1.11 bits per heavy atom. The molecule has 1 aliphatic carbocycles. The minimum absolute atomic E-state index is 0.178. The Hall–Kier alpha value is -3.70. The summed E-state index contributed by atoms with van der Waals surface area (Å²) in [5.74, 6) is -3.70. The van der Waals surface area contributed by atoms with E-state index in [1.165, 1.54) is 30.5 Å². The molecule has 3 heterocycles. The Labute approximate surface area is 209 Å². The average molecular weight is 519 g/mol. The Balaban J connectivity index is 1.43. The number of fused-ring (bicyclic) bond motifs is 1. The summed E-state index contributed by atoms with van der Waals surface area (Å²) in [5, 5.41) is 9.26. The van der Waals surface area contributed by atoms with Gasteiger partial charge in [0, 0.05) is 19.3 Å². The third-order valence-corrected chi connectivity index (χ3v) is 7.23. The molecule has 1 aliphatic heterocycles. The molecule has 3 aromatic rings. The lowest BCUT2D eigenvalue weighted by molar-refractivity contribution is -0.146. The highest BCUT2D eigenvalue weighted by Crippen LogP contribution is 2.47. The molecular weight excluding hydrogens is 494 g/mol. The Morgan fingerprint density at radius 2 is 1.84 bits per heavy atom. The third-order valence-electron chi connectivity index (χ3n) is 7.23. The molecule has 0 unspecified atom stereocenters. The van der Waals surface area contributed by atoms with Crippen molar-refractivity contribution in [3.8, 4) is 5.75 Å². The van der Waals surface area contributed by atoms with Crippen LogP contribution in [0.25, 0.3) is 11.0 Å². The Bertz CT molecular complexity index is 1290. The number of aromatic amines is 1. The van der Waals surface area contributed by atoms with Crippen LogP contribution in [0.4, 0.5) is 23.4 Å². The van der Waals surface area contributed by atoms with E-state index in [0.29, 0.717) is 16.6 Å². The van der Waals surface area contributed by atoms with Gasteiger partial charge in [0.05, 0.1) is 23.7 Å². The maximum atomic E-state index is 14.6. The molecule has 2 amide bonds. The fraction of sp³-hybridized carbons (Fsp3) is 0.440. The average Bonchev–Trinajstić information content (AvgIpc) is 3.51. The van der Waals surface area contributed by atoms with Gasteiger partial charge in [0.1, 0.15) is 29.3 Å². The fourth-order valence-electron chi connectivity index (χ4n) is 5.24. The molecule has 5 rings (SSSR count). The van der Waals surface area contributed by atoms with E-state index in [9.17, 15) is 27.2 Å². The van der Waals surface area contributed by atoms with Gasteiger partial charge in [0.25, 0.3) is 0 Å². The number of H-pyrrole nitrogens is 1. The van der Waals surface area contributed by atoms with Gasteiger partial charge < -0.3 is 15.0 Å². The van der Waals surface area contributed by atoms with Crippen LogP contribution in [0.15, 0.2) is 42.6 Å². The first kappa shape index (κ1) is 25.0. The number of aromatic nitrogens is 3. The van der Waals surface area contributed by atoms with Gasteiger partial charge in [-0.1, -0.05) is 12.1 Å². The van der Waals surface area contributed by atoms with Crippen LogP contribution in [0, 0.1) is 0 Å². The van der Waals surface area contributed by atoms with E-state index in [0.717, 1.165) is 4.90 Å². The Kier molecular flexibility index (Phi) is 6.50. The van der Waals surface area contributed by atoms with Crippen molar-refractivity contribution in [3.63, 3.8) is 0 Å². The first-order valence-electron chi connectivity index (χ1n) is 11.9. The van der Waals surface area contributed by atoms with Crippen molar-refractivity contribution in [3.05, 3.63) is 48.2 Å². The maximum Gasteiger partial charge on any atom is 0.248 e. The summed E-state index contributed by atoms with van der Waals surface area (Å²) in [5.41, 5.74) is 0.237. The van der Waals surface area contributed by atoms with Gasteiger partial charge in [-0.2, -0.15) is 5.10 Å². The summed E-state index contributed by atoms with van der Waals surface area (Å²) in [7, 11) is 0. The van der Waals surface area contributed by atoms with E-state index >= 15 is 0 Å². The molecule has 0 radical (unpaired) electrons. The van der Waals surface area contributed by atoms with Crippen molar-refractivity contribution in [1.29, 1.82) is 0 Å². The van der Waals surface area contributed by atoms with Crippen molar-refractivity contribution in [1.82, 2.24) is 20.1 Å². The Morgan fingerprint density at radius 3 is 2.54 bits per heavy atom. The molecule has 2 atom stereocenters. The van der Waals surface area contributed by atoms with Crippen LogP contribution in [0.5, 0.6) is 5.75 Å². The van der Waals surface area contributed by atoms with Crippen LogP contribution in [-0.2, 0) is 15.0 Å². The highest BCUT2D eigenvalue weighted by atomic mass is 19.3. The summed E-state index contributed by atoms with van der Waals surface area (Å²) in [6, 6.07) is 8.08. The molecular formula is C25H25F4N5O3. The second-order valence-electron chi connectivity index (χ2n) is 9.51. The van der Waals surface area contributed by atoms with E-state index in [-0.39, 0.29) is 37.4 Å². The molecule has 8 nitrogen and oxygen atoms in total. The highest BCUT2D eigenvalue weighted by Gasteiger charge is 2.53. The maximum absolute atomic E-state index is 14.6. The van der Waals surface area contributed by atoms with E-state index in [1.54, 1.807) is 12.1 Å². The number of hydrogen-bond donors (Lipinski definition) is 2. The molecule has 12 heteroatoms. The minimum Gasteiger partial charge on any atom is -0.463 e. The smallest absolute Gasteiger partial charge is 0.248 e. The molecule has 196 valence electrons. The molecule has 1 saturated carbocycles. The van der Waals surface area contributed by atoms with Gasteiger partial charge in [0.15, 0.2) is 0 Å². The van der Waals surface area contributed by atoms with Crippen molar-refractivity contribution < 1.29 is 31.9 Å². The first-order chi connectivity index (χ1) is 17.7. The standard InChI is InChI=1S/C25H25F4N5O3/c26-14-37-17-3-1-15(2-4-17)24(7-9-25(28,29)10-8-24)23(36)34-13-16(27)11-20(34)22(35)32-21-6-5-18-19(31-21)12-30-33-18/h1-6,12,16,20H,7-11,13-14H2,(H,30,33)(H,31,32,35)/t16-,20-/m1/s1. The molecule has 0 bridgehead atoms. The zero-order chi connectivity index (χ0) is 26.2. The lowest BCUT2D eigenvalue weighted by Crippen LogP contribution is -2.54. The summed E-state index contributed by atoms with van der Waals surface area (Å²) < 4.78 is 60.3. The van der Waals surface area contributed by atoms with Crippen LogP contribution in [0.2, 0.25) is 0 Å². The molecule has 37 heavy (non-hydrogen) atoms. The number of amides is 2. The van der Waals surface area contributed by atoms with Crippen LogP contribution in [0.3, 0.4) is 0 Å². The lowest BCUT2D eigenvalue weighted by atomic mass is 9.67. The SMILES string of the molecule is O=C(Nc1ccc2[nH]ncc2n1)[C@H]1C[C@@H](F)CN1C(=O)C1(c2ccc(OCF)cc2)CCC(F)(F)CC1. The summed E-state index contributed by atoms with van der Waals surface area (Å²) in [6.45, 7) is -1.37. The lowest BCUT2D eigenvalue weighted by Gasteiger charge is -2.42. The predicted octanol–water partition coefficient (Wildman–Crippen LogP) is 4.29. The van der Waals surface area contributed by atoms with Gasteiger partial charge in [-0.15, -0.1) is 0 Å². The number of pyridine rings is 1. The molecule has 2 fully saturated rings.